The molecule has 0 aliphatic carbocycles. The lowest BCUT2D eigenvalue weighted by Crippen LogP contribution is -2.44. The highest BCUT2D eigenvalue weighted by Gasteiger charge is 2.37. The minimum atomic E-state index is -0.658. The first kappa shape index (κ1) is 15.2. The van der Waals surface area contributed by atoms with E-state index in [0.717, 1.165) is 5.56 Å². The smallest absolute Gasteiger partial charge is 0.299 e. The van der Waals surface area contributed by atoms with Crippen molar-refractivity contribution >= 4 is 23.3 Å². The Morgan fingerprint density at radius 1 is 1.38 bits per heavy atom. The molecule has 0 fully saturated rings. The summed E-state index contributed by atoms with van der Waals surface area (Å²) in [6.07, 6.45) is 0. The number of benzene rings is 1. The van der Waals surface area contributed by atoms with Crippen molar-refractivity contribution in [3.05, 3.63) is 29.3 Å². The number of amides is 2. The topological polar surface area (TPSA) is 75.7 Å². The number of anilines is 1. The molecule has 0 bridgehead atoms. The van der Waals surface area contributed by atoms with E-state index in [2.05, 4.69) is 5.32 Å². The molecule has 0 aromatic heterocycles. The van der Waals surface area contributed by atoms with Crippen molar-refractivity contribution in [1.29, 1.82) is 0 Å². The fourth-order valence-electron chi connectivity index (χ4n) is 2.45. The van der Waals surface area contributed by atoms with Gasteiger partial charge in [0.25, 0.3) is 11.7 Å². The average Bonchev–Trinajstić information content (AvgIpc) is 2.65. The zero-order valence-corrected chi connectivity index (χ0v) is 12.3. The molecule has 1 aliphatic rings. The normalized spacial score (nSPS) is 15.1. The van der Waals surface area contributed by atoms with Gasteiger partial charge in [-0.1, -0.05) is 12.1 Å². The van der Waals surface area contributed by atoms with E-state index in [0.29, 0.717) is 17.9 Å². The molecule has 0 saturated heterocycles. The van der Waals surface area contributed by atoms with Crippen LogP contribution in [0.2, 0.25) is 0 Å². The lowest BCUT2D eigenvalue weighted by Gasteiger charge is -2.19. The number of methoxy groups -OCH3 is 1. The van der Waals surface area contributed by atoms with E-state index in [-0.39, 0.29) is 18.5 Å². The Hall–Kier alpha value is -2.21. The van der Waals surface area contributed by atoms with Crippen molar-refractivity contribution < 1.29 is 19.1 Å². The van der Waals surface area contributed by atoms with Gasteiger partial charge in [0.15, 0.2) is 0 Å². The van der Waals surface area contributed by atoms with Gasteiger partial charge in [-0.05, 0) is 25.5 Å². The van der Waals surface area contributed by atoms with Gasteiger partial charge in [-0.25, -0.2) is 0 Å². The van der Waals surface area contributed by atoms with Crippen LogP contribution in [0.4, 0.5) is 5.69 Å². The van der Waals surface area contributed by atoms with Gasteiger partial charge in [-0.2, -0.15) is 0 Å². The maximum atomic E-state index is 12.0. The molecule has 21 heavy (non-hydrogen) atoms. The molecule has 0 saturated carbocycles. The van der Waals surface area contributed by atoms with Crippen LogP contribution in [0.1, 0.15) is 22.8 Å². The highest BCUT2D eigenvalue weighted by Crippen LogP contribution is 2.31. The SMILES string of the molecule is COCC(C)NC(=O)CN1C(=O)C(=O)c2cccc(C)c21. The summed E-state index contributed by atoms with van der Waals surface area (Å²) in [5, 5.41) is 2.72. The Labute approximate surface area is 123 Å². The molecule has 2 rings (SSSR count). The number of nitrogens with one attached hydrogen (secondary N) is 1. The van der Waals surface area contributed by atoms with Crippen molar-refractivity contribution in [1.82, 2.24) is 5.32 Å². The maximum absolute atomic E-state index is 12.0. The number of hydrogen-bond donors (Lipinski definition) is 1. The van der Waals surface area contributed by atoms with Gasteiger partial charge in [-0.3, -0.25) is 19.3 Å². The van der Waals surface area contributed by atoms with Crippen LogP contribution in [0.15, 0.2) is 18.2 Å². The van der Waals surface area contributed by atoms with Crippen LogP contribution in [-0.2, 0) is 14.3 Å². The molecule has 1 aromatic rings. The number of aryl methyl sites for hydroxylation is 1. The highest BCUT2D eigenvalue weighted by molar-refractivity contribution is 6.52. The third-order valence-electron chi connectivity index (χ3n) is 3.32. The number of ketones is 1. The average molecular weight is 290 g/mol. The van der Waals surface area contributed by atoms with E-state index in [1.54, 1.807) is 26.2 Å². The number of Topliss-reactive ketones (excluding diaryl/α,β-unsaturated/α-hetero) is 1. The molecule has 0 spiro atoms. The van der Waals surface area contributed by atoms with Crippen LogP contribution < -0.4 is 10.2 Å². The summed E-state index contributed by atoms with van der Waals surface area (Å²) < 4.78 is 4.94. The molecule has 1 N–H and O–H groups in total. The van der Waals surface area contributed by atoms with Crippen LogP contribution >= 0.6 is 0 Å². The number of rotatable bonds is 5. The molecular weight excluding hydrogens is 272 g/mol. The molecule has 6 heteroatoms. The second-order valence-electron chi connectivity index (χ2n) is 5.12. The number of nitrogens with zero attached hydrogens (tertiary/aromatic N) is 1. The minimum Gasteiger partial charge on any atom is -0.383 e. The Kier molecular flexibility index (Phi) is 4.37. The first-order chi connectivity index (χ1) is 9.95. The van der Waals surface area contributed by atoms with Crippen LogP contribution in [0.3, 0.4) is 0 Å². The molecule has 1 atom stereocenters. The molecular formula is C15H18N2O4. The van der Waals surface area contributed by atoms with E-state index < -0.39 is 11.7 Å². The summed E-state index contributed by atoms with van der Waals surface area (Å²) in [7, 11) is 1.55. The molecule has 1 aliphatic heterocycles. The summed E-state index contributed by atoms with van der Waals surface area (Å²) in [6.45, 7) is 3.82. The summed E-state index contributed by atoms with van der Waals surface area (Å²) in [6, 6.07) is 4.98. The standard InChI is InChI=1S/C15H18N2O4/c1-9-5-4-6-11-13(9)17(15(20)14(11)19)7-12(18)16-10(2)8-21-3/h4-6,10H,7-8H2,1-3H3,(H,16,18). The Morgan fingerprint density at radius 3 is 2.76 bits per heavy atom. The van der Waals surface area contributed by atoms with E-state index in [9.17, 15) is 14.4 Å². The number of carbonyl (C=O) groups excluding carboxylic acids is 3. The van der Waals surface area contributed by atoms with E-state index in [4.69, 9.17) is 4.74 Å². The predicted molar refractivity (Wildman–Crippen MR) is 77.3 cm³/mol. The molecule has 1 heterocycles. The number of carbonyl (C=O) groups is 3. The Bertz CT molecular complexity index is 597. The first-order valence-corrected chi connectivity index (χ1v) is 6.69. The Balaban J connectivity index is 2.17. The monoisotopic (exact) mass is 290 g/mol. The van der Waals surface area contributed by atoms with Gasteiger partial charge in [0.2, 0.25) is 5.91 Å². The minimum absolute atomic E-state index is 0.160. The number of para-hydroxylation sites is 1. The predicted octanol–water partition coefficient (Wildman–Crippen LogP) is 0.675. The lowest BCUT2D eigenvalue weighted by molar-refractivity contribution is -0.122. The maximum Gasteiger partial charge on any atom is 0.299 e. The van der Waals surface area contributed by atoms with Crippen LogP contribution in [0.25, 0.3) is 0 Å². The van der Waals surface area contributed by atoms with Gasteiger partial charge in [-0.15, -0.1) is 0 Å². The molecule has 0 radical (unpaired) electrons. The molecule has 1 unspecified atom stereocenters. The van der Waals surface area contributed by atoms with E-state index in [1.807, 2.05) is 13.0 Å². The van der Waals surface area contributed by atoms with Crippen molar-refractivity contribution in [2.75, 3.05) is 25.2 Å². The van der Waals surface area contributed by atoms with E-state index in [1.165, 1.54) is 4.90 Å². The zero-order valence-electron chi connectivity index (χ0n) is 12.3. The summed E-state index contributed by atoms with van der Waals surface area (Å²) >= 11 is 0. The number of hydrogen-bond acceptors (Lipinski definition) is 4. The molecule has 6 nitrogen and oxygen atoms in total. The van der Waals surface area contributed by atoms with Gasteiger partial charge < -0.3 is 10.1 Å². The van der Waals surface area contributed by atoms with Gasteiger partial charge >= 0.3 is 0 Å². The van der Waals surface area contributed by atoms with Crippen molar-refractivity contribution in [3.63, 3.8) is 0 Å². The highest BCUT2D eigenvalue weighted by atomic mass is 16.5. The third kappa shape index (κ3) is 2.95. The molecule has 2 amide bonds. The molecule has 1 aromatic carbocycles. The van der Waals surface area contributed by atoms with Crippen molar-refractivity contribution in [2.45, 2.75) is 19.9 Å². The zero-order chi connectivity index (χ0) is 15.6. The molecule has 112 valence electrons. The van der Waals surface area contributed by atoms with Crippen LogP contribution in [-0.4, -0.2) is 43.9 Å². The summed E-state index contributed by atoms with van der Waals surface area (Å²) in [5.41, 5.74) is 1.68. The number of ether oxygens (including phenoxy) is 1. The van der Waals surface area contributed by atoms with Crippen molar-refractivity contribution in [2.24, 2.45) is 0 Å². The van der Waals surface area contributed by atoms with Crippen LogP contribution in [0.5, 0.6) is 0 Å². The first-order valence-electron chi connectivity index (χ1n) is 6.69. The number of fused-ring (bicyclic) bond motifs is 1. The third-order valence-corrected chi connectivity index (χ3v) is 3.32. The quantitative estimate of drug-likeness (QED) is 0.809. The van der Waals surface area contributed by atoms with Gasteiger partial charge in [0, 0.05) is 13.2 Å². The summed E-state index contributed by atoms with van der Waals surface area (Å²) in [4.78, 5) is 37.2. The lowest BCUT2D eigenvalue weighted by atomic mass is 10.1. The van der Waals surface area contributed by atoms with Crippen LogP contribution in [0, 0.1) is 6.92 Å². The fourth-order valence-corrected chi connectivity index (χ4v) is 2.45. The largest absolute Gasteiger partial charge is 0.383 e. The van der Waals surface area contributed by atoms with E-state index >= 15 is 0 Å². The second-order valence-corrected chi connectivity index (χ2v) is 5.12. The Morgan fingerprint density at radius 2 is 2.10 bits per heavy atom. The second kappa shape index (κ2) is 6.05. The van der Waals surface area contributed by atoms with Gasteiger partial charge in [0.05, 0.1) is 17.9 Å². The van der Waals surface area contributed by atoms with Gasteiger partial charge in [0.1, 0.15) is 6.54 Å². The fraction of sp³-hybridized carbons (Fsp3) is 0.400. The summed E-state index contributed by atoms with van der Waals surface area (Å²) in [5.74, 6) is -1.54. The van der Waals surface area contributed by atoms with Crippen molar-refractivity contribution in [3.8, 4) is 0 Å².